The van der Waals surface area contributed by atoms with Gasteiger partial charge in [-0.05, 0) is 38.5 Å². The highest BCUT2D eigenvalue weighted by molar-refractivity contribution is 7.47. The van der Waals surface area contributed by atoms with Gasteiger partial charge in [-0.1, -0.05) is 122 Å². The number of allylic oxidation sites excluding steroid dienone is 2. The van der Waals surface area contributed by atoms with Crippen LogP contribution in [0.15, 0.2) is 12.2 Å². The maximum Gasteiger partial charge on any atom is 0.472 e. The van der Waals surface area contributed by atoms with Crippen LogP contribution in [0.3, 0.4) is 0 Å². The Morgan fingerprint density at radius 1 is 0.620 bits per heavy atom. The third kappa shape index (κ3) is 22.2. The molecule has 0 bridgehead atoms. The average molecular weight is 739 g/mol. The Morgan fingerprint density at radius 2 is 1.06 bits per heavy atom. The fourth-order valence-corrected chi connectivity index (χ4v) is 6.91. The highest BCUT2D eigenvalue weighted by Crippen LogP contribution is 2.47. The van der Waals surface area contributed by atoms with Crippen molar-refractivity contribution < 1.29 is 58.3 Å². The fourth-order valence-electron chi connectivity index (χ4n) is 5.94. The smallest absolute Gasteiger partial charge is 0.457 e. The molecule has 6 atom stereocenters. The highest BCUT2D eigenvalue weighted by atomic mass is 31.2. The third-order valence-corrected chi connectivity index (χ3v) is 10.1. The average Bonchev–Trinajstić information content (AvgIpc) is 3.09. The van der Waals surface area contributed by atoms with Crippen molar-refractivity contribution in [3.63, 3.8) is 0 Å². The zero-order valence-corrected chi connectivity index (χ0v) is 31.8. The number of carbonyl (C=O) groups excluding carboxylic acids is 1. The lowest BCUT2D eigenvalue weighted by Gasteiger charge is -2.41. The van der Waals surface area contributed by atoms with Gasteiger partial charge in [0.25, 0.3) is 0 Å². The summed E-state index contributed by atoms with van der Waals surface area (Å²) < 4.78 is 33.9. The van der Waals surface area contributed by atoms with Crippen molar-refractivity contribution >= 4 is 13.8 Å². The van der Waals surface area contributed by atoms with Gasteiger partial charge in [0.05, 0.1) is 13.2 Å². The molecule has 12 nitrogen and oxygen atoms in total. The maximum absolute atomic E-state index is 12.7. The van der Waals surface area contributed by atoms with Gasteiger partial charge in [0.2, 0.25) is 0 Å². The molecule has 6 N–H and O–H groups in total. The van der Waals surface area contributed by atoms with Crippen LogP contribution in [0.4, 0.5) is 0 Å². The summed E-state index contributed by atoms with van der Waals surface area (Å²) in [5, 5.41) is 49.9. The van der Waals surface area contributed by atoms with Crippen LogP contribution in [0, 0.1) is 0 Å². The molecule has 13 heteroatoms. The molecule has 0 heterocycles. The lowest BCUT2D eigenvalue weighted by atomic mass is 9.85. The number of phosphoric acid groups is 1. The van der Waals surface area contributed by atoms with Gasteiger partial charge in [-0.25, -0.2) is 4.57 Å². The van der Waals surface area contributed by atoms with Gasteiger partial charge in [-0.3, -0.25) is 13.8 Å². The number of aliphatic hydroxyl groups is 5. The highest BCUT2D eigenvalue weighted by Gasteiger charge is 2.51. The molecule has 1 aliphatic rings. The largest absolute Gasteiger partial charge is 0.472 e. The van der Waals surface area contributed by atoms with Crippen molar-refractivity contribution in [2.45, 2.75) is 198 Å². The molecule has 0 amide bonds. The predicted octanol–water partition coefficient (Wildman–Crippen LogP) is 6.41. The Hall–Kier alpha value is -0.920. The van der Waals surface area contributed by atoms with Gasteiger partial charge >= 0.3 is 13.8 Å². The van der Waals surface area contributed by atoms with Crippen LogP contribution >= 0.6 is 7.82 Å². The van der Waals surface area contributed by atoms with E-state index in [0.717, 1.165) is 57.8 Å². The molecule has 6 unspecified atom stereocenters. The Labute approximate surface area is 301 Å². The summed E-state index contributed by atoms with van der Waals surface area (Å²) in [4.78, 5) is 22.9. The number of phosphoric ester groups is 1. The molecule has 50 heavy (non-hydrogen) atoms. The van der Waals surface area contributed by atoms with E-state index in [-0.39, 0.29) is 13.0 Å². The van der Waals surface area contributed by atoms with E-state index in [0.29, 0.717) is 13.0 Å². The number of aliphatic hydroxyl groups excluding tert-OH is 5. The molecular formula is C37H71O12P. The van der Waals surface area contributed by atoms with Crippen LogP contribution < -0.4 is 0 Å². The molecule has 0 saturated heterocycles. The molecule has 0 spiro atoms. The number of unbranched alkanes of at least 4 members (excludes halogenated alkanes) is 18. The Balaban J connectivity index is 2.45. The van der Waals surface area contributed by atoms with E-state index < -0.39 is 63.1 Å². The minimum atomic E-state index is -5.00. The number of esters is 1. The first-order valence-electron chi connectivity index (χ1n) is 19.5. The Kier molecular flexibility index (Phi) is 27.8. The molecule has 0 radical (unpaired) electrons. The van der Waals surface area contributed by atoms with E-state index in [1.54, 1.807) is 0 Å². The van der Waals surface area contributed by atoms with E-state index >= 15 is 0 Å². The number of carbonyl (C=O) groups is 1. The van der Waals surface area contributed by atoms with Crippen molar-refractivity contribution in [2.24, 2.45) is 0 Å². The predicted molar refractivity (Wildman–Crippen MR) is 193 cm³/mol. The number of hydrogen-bond acceptors (Lipinski definition) is 11. The normalized spacial score (nSPS) is 24.4. The quantitative estimate of drug-likeness (QED) is 0.0193. The molecule has 1 saturated carbocycles. The summed E-state index contributed by atoms with van der Waals surface area (Å²) in [5.41, 5.74) is 0. The molecule has 0 aliphatic heterocycles. The number of rotatable bonds is 32. The van der Waals surface area contributed by atoms with Gasteiger partial charge in [-0.2, -0.15) is 0 Å². The van der Waals surface area contributed by atoms with Crippen LogP contribution in [0.25, 0.3) is 0 Å². The van der Waals surface area contributed by atoms with Crippen LogP contribution in [0.1, 0.15) is 155 Å². The van der Waals surface area contributed by atoms with E-state index in [1.165, 1.54) is 70.6 Å². The van der Waals surface area contributed by atoms with E-state index in [9.17, 15) is 39.8 Å². The summed E-state index contributed by atoms with van der Waals surface area (Å²) in [6.45, 7) is 4.19. The maximum atomic E-state index is 12.7. The lowest BCUT2D eigenvalue weighted by molar-refractivity contribution is -0.220. The minimum Gasteiger partial charge on any atom is -0.457 e. The molecule has 1 aliphatic carbocycles. The number of ether oxygens (including phenoxy) is 2. The van der Waals surface area contributed by atoms with Crippen molar-refractivity contribution in [1.82, 2.24) is 0 Å². The van der Waals surface area contributed by atoms with E-state index in [2.05, 4.69) is 26.0 Å². The van der Waals surface area contributed by atoms with Gasteiger partial charge in [0.1, 0.15) is 42.7 Å². The Morgan fingerprint density at radius 3 is 1.58 bits per heavy atom. The van der Waals surface area contributed by atoms with Crippen LogP contribution in [0.2, 0.25) is 0 Å². The summed E-state index contributed by atoms with van der Waals surface area (Å²) in [5.74, 6) is -0.487. The summed E-state index contributed by atoms with van der Waals surface area (Å²) in [7, 11) is -5.00. The van der Waals surface area contributed by atoms with Gasteiger partial charge in [0.15, 0.2) is 0 Å². The van der Waals surface area contributed by atoms with Gasteiger partial charge in [-0.15, -0.1) is 0 Å². The van der Waals surface area contributed by atoms with Gasteiger partial charge < -0.3 is 39.9 Å². The van der Waals surface area contributed by atoms with Crippen LogP contribution in [-0.2, 0) is 27.9 Å². The van der Waals surface area contributed by atoms with Crippen LogP contribution in [-0.4, -0.2) is 98.9 Å². The summed E-state index contributed by atoms with van der Waals surface area (Å²) in [6, 6.07) is 0. The monoisotopic (exact) mass is 738 g/mol. The lowest BCUT2D eigenvalue weighted by Crippen LogP contribution is -2.64. The van der Waals surface area contributed by atoms with Crippen molar-refractivity contribution in [2.75, 3.05) is 19.8 Å². The van der Waals surface area contributed by atoms with E-state index in [4.69, 9.17) is 18.5 Å². The first-order chi connectivity index (χ1) is 24.0. The standard InChI is InChI=1S/C37H71O12P/c1-3-5-7-9-11-13-14-15-16-17-18-19-20-22-24-26-31(38)48-30(28-46-27-25-23-21-12-10-8-6-4-2)29-47-50(44,45)49-37-35(42)33(40)32(39)34(41)36(37)43/h15-16,30,32-37,39-43H,3-14,17-29H2,1-2H3,(H,44,45)/b16-15-. The molecule has 1 rings (SSSR count). The zero-order valence-electron chi connectivity index (χ0n) is 31.0. The van der Waals surface area contributed by atoms with Crippen molar-refractivity contribution in [1.29, 1.82) is 0 Å². The molecule has 1 fully saturated rings. The van der Waals surface area contributed by atoms with Crippen molar-refractivity contribution in [3.05, 3.63) is 12.2 Å². The summed E-state index contributed by atoms with van der Waals surface area (Å²) in [6.07, 6.45) is 15.9. The zero-order chi connectivity index (χ0) is 37.0. The number of hydrogen-bond donors (Lipinski definition) is 6. The molecule has 0 aromatic heterocycles. The first-order valence-corrected chi connectivity index (χ1v) is 21.0. The molecule has 296 valence electrons. The second-order valence-corrected chi connectivity index (χ2v) is 15.2. The topological polar surface area (TPSA) is 192 Å². The SMILES string of the molecule is CCCCCCCC/C=C\CCCCCCCC(=O)OC(COCCCCCCCCCC)COP(=O)(O)OC1C(O)C(O)C(O)C(O)C1O. The van der Waals surface area contributed by atoms with E-state index in [1.807, 2.05) is 0 Å². The Bertz CT molecular complexity index is 890. The second-order valence-electron chi connectivity index (χ2n) is 13.8. The molecule has 0 aromatic rings. The molecular weight excluding hydrogens is 667 g/mol. The van der Waals surface area contributed by atoms with Crippen molar-refractivity contribution in [3.8, 4) is 0 Å². The van der Waals surface area contributed by atoms with Crippen LogP contribution in [0.5, 0.6) is 0 Å². The fraction of sp³-hybridized carbons (Fsp3) is 0.919. The summed E-state index contributed by atoms with van der Waals surface area (Å²) >= 11 is 0. The minimum absolute atomic E-state index is 0.0765. The second kappa shape index (κ2) is 29.5. The first kappa shape index (κ1) is 47.1. The molecule has 0 aromatic carbocycles. The third-order valence-electron chi connectivity index (χ3n) is 9.14. The van der Waals surface area contributed by atoms with Gasteiger partial charge in [0, 0.05) is 13.0 Å².